The van der Waals surface area contributed by atoms with Gasteiger partial charge in [-0.05, 0) is 35.4 Å². The molecule has 2 heterocycles. The van der Waals surface area contributed by atoms with Crippen LogP contribution in [0.25, 0.3) is 0 Å². The molecule has 0 saturated carbocycles. The van der Waals surface area contributed by atoms with Gasteiger partial charge in [0.25, 0.3) is 11.5 Å². The minimum absolute atomic E-state index is 0.0547. The number of anilines is 1. The van der Waals surface area contributed by atoms with Gasteiger partial charge in [-0.15, -0.1) is 0 Å². The molecule has 8 heteroatoms. The lowest BCUT2D eigenvalue weighted by Crippen LogP contribution is -2.38. The Morgan fingerprint density at radius 1 is 0.914 bits per heavy atom. The van der Waals surface area contributed by atoms with Crippen LogP contribution in [0.4, 0.5) is 5.69 Å². The number of aromatic nitrogens is 1. The fourth-order valence-electron chi connectivity index (χ4n) is 3.96. The summed E-state index contributed by atoms with van der Waals surface area (Å²) in [6.07, 6.45) is 2.08. The van der Waals surface area contributed by atoms with Crippen LogP contribution < -0.4 is 16.2 Å². The van der Waals surface area contributed by atoms with E-state index < -0.39 is 5.91 Å². The number of nitrogens with zero attached hydrogens (tertiary/aromatic N) is 2. The monoisotopic (exact) mass is 474 g/mol. The number of hydrogen-bond donors (Lipinski definition) is 2. The summed E-state index contributed by atoms with van der Waals surface area (Å²) in [4.78, 5) is 40.1. The number of carbonyl (C=O) groups excluding carboxylic acids is 2. The standard InChI is InChI=1S/C27H30N4O4/c32-25(11-13-30-14-16-35-17-15-30)29-23-9-4-8-22(18-23)19-28-26(33)24-10-5-12-31(27(24)34)20-21-6-2-1-3-7-21/h1-10,12,18H,11,13-17,19-20H2,(H,28,33)(H,29,32). The van der Waals surface area contributed by atoms with Gasteiger partial charge in [0, 0.05) is 44.5 Å². The van der Waals surface area contributed by atoms with E-state index in [4.69, 9.17) is 4.74 Å². The Balaban J connectivity index is 1.31. The van der Waals surface area contributed by atoms with Crippen molar-refractivity contribution >= 4 is 17.5 Å². The van der Waals surface area contributed by atoms with Gasteiger partial charge in [0.15, 0.2) is 0 Å². The summed E-state index contributed by atoms with van der Waals surface area (Å²) in [6, 6.07) is 20.2. The third-order valence-electron chi connectivity index (χ3n) is 5.88. The molecule has 1 fully saturated rings. The molecular formula is C27H30N4O4. The molecule has 0 atom stereocenters. The normalized spacial score (nSPS) is 13.8. The zero-order valence-corrected chi connectivity index (χ0v) is 19.6. The van der Waals surface area contributed by atoms with Gasteiger partial charge in [-0.2, -0.15) is 0 Å². The molecule has 2 aromatic carbocycles. The van der Waals surface area contributed by atoms with Crippen LogP contribution in [0.3, 0.4) is 0 Å². The summed E-state index contributed by atoms with van der Waals surface area (Å²) in [5, 5.41) is 5.73. The van der Waals surface area contributed by atoms with Gasteiger partial charge in [0.05, 0.1) is 19.8 Å². The van der Waals surface area contributed by atoms with E-state index >= 15 is 0 Å². The van der Waals surface area contributed by atoms with Crippen LogP contribution in [-0.4, -0.2) is 54.1 Å². The summed E-state index contributed by atoms with van der Waals surface area (Å²) in [7, 11) is 0. The Labute approximate surface area is 204 Å². The molecule has 182 valence electrons. The smallest absolute Gasteiger partial charge is 0.263 e. The summed E-state index contributed by atoms with van der Waals surface area (Å²) >= 11 is 0. The second kappa shape index (κ2) is 12.1. The Kier molecular flexibility index (Phi) is 8.43. The van der Waals surface area contributed by atoms with Crippen molar-refractivity contribution in [1.82, 2.24) is 14.8 Å². The molecule has 0 unspecified atom stereocenters. The third-order valence-corrected chi connectivity index (χ3v) is 5.88. The SMILES string of the molecule is O=C(CCN1CCOCC1)Nc1cccc(CNC(=O)c2cccn(Cc3ccccc3)c2=O)c1. The van der Waals surface area contributed by atoms with Crippen LogP contribution in [0, 0.1) is 0 Å². The molecule has 1 aliphatic rings. The summed E-state index contributed by atoms with van der Waals surface area (Å²) in [5.41, 5.74) is 2.24. The third kappa shape index (κ3) is 7.11. The predicted molar refractivity (Wildman–Crippen MR) is 134 cm³/mol. The van der Waals surface area contributed by atoms with E-state index in [1.807, 2.05) is 54.6 Å². The van der Waals surface area contributed by atoms with Crippen LogP contribution in [0.1, 0.15) is 27.9 Å². The van der Waals surface area contributed by atoms with Crippen molar-refractivity contribution in [2.45, 2.75) is 19.5 Å². The Morgan fingerprint density at radius 2 is 1.69 bits per heavy atom. The lowest BCUT2D eigenvalue weighted by molar-refractivity contribution is -0.116. The molecule has 1 aromatic heterocycles. The molecule has 0 bridgehead atoms. The first kappa shape index (κ1) is 24.4. The summed E-state index contributed by atoms with van der Waals surface area (Å²) < 4.78 is 6.85. The van der Waals surface area contributed by atoms with Gasteiger partial charge in [-0.1, -0.05) is 42.5 Å². The number of pyridine rings is 1. The van der Waals surface area contributed by atoms with Crippen LogP contribution in [-0.2, 0) is 22.6 Å². The first-order chi connectivity index (χ1) is 17.1. The highest BCUT2D eigenvalue weighted by atomic mass is 16.5. The van der Waals surface area contributed by atoms with E-state index in [0.717, 1.165) is 24.2 Å². The highest BCUT2D eigenvalue weighted by molar-refractivity contribution is 5.94. The second-order valence-electron chi connectivity index (χ2n) is 8.48. The number of morpholine rings is 1. The zero-order valence-electron chi connectivity index (χ0n) is 19.6. The molecule has 4 rings (SSSR count). The van der Waals surface area contributed by atoms with Gasteiger partial charge >= 0.3 is 0 Å². The first-order valence-electron chi connectivity index (χ1n) is 11.8. The Hall–Kier alpha value is -3.75. The van der Waals surface area contributed by atoms with Crippen molar-refractivity contribution in [3.63, 3.8) is 0 Å². The van der Waals surface area contributed by atoms with Crippen LogP contribution >= 0.6 is 0 Å². The van der Waals surface area contributed by atoms with Gasteiger partial charge in [-0.3, -0.25) is 19.3 Å². The Bertz CT molecular complexity index is 1200. The van der Waals surface area contributed by atoms with Crippen LogP contribution in [0.5, 0.6) is 0 Å². The predicted octanol–water partition coefficient (Wildman–Crippen LogP) is 2.49. The number of ether oxygens (including phenoxy) is 1. The van der Waals surface area contributed by atoms with Crippen molar-refractivity contribution in [3.05, 3.63) is 100.0 Å². The molecule has 35 heavy (non-hydrogen) atoms. The first-order valence-corrected chi connectivity index (χ1v) is 11.8. The number of rotatable bonds is 9. The molecule has 0 spiro atoms. The molecule has 3 aromatic rings. The van der Waals surface area contributed by atoms with E-state index in [1.54, 1.807) is 12.3 Å². The van der Waals surface area contributed by atoms with Gasteiger partial charge in [-0.25, -0.2) is 0 Å². The Morgan fingerprint density at radius 3 is 2.49 bits per heavy atom. The molecule has 1 aliphatic heterocycles. The fourth-order valence-corrected chi connectivity index (χ4v) is 3.96. The van der Waals surface area contributed by atoms with E-state index in [2.05, 4.69) is 15.5 Å². The van der Waals surface area contributed by atoms with Crippen LogP contribution in [0.2, 0.25) is 0 Å². The highest BCUT2D eigenvalue weighted by Crippen LogP contribution is 2.12. The molecule has 2 N–H and O–H groups in total. The average Bonchev–Trinajstić information content (AvgIpc) is 2.89. The zero-order chi connectivity index (χ0) is 24.5. The maximum atomic E-state index is 12.8. The average molecular weight is 475 g/mol. The molecule has 0 radical (unpaired) electrons. The maximum absolute atomic E-state index is 12.8. The van der Waals surface area contributed by atoms with Gasteiger partial charge in [0.2, 0.25) is 5.91 Å². The van der Waals surface area contributed by atoms with Gasteiger partial charge < -0.3 is 19.9 Å². The molecule has 0 aliphatic carbocycles. The molecular weight excluding hydrogens is 444 g/mol. The van der Waals surface area contributed by atoms with Crippen LogP contribution in [0.15, 0.2) is 77.7 Å². The lowest BCUT2D eigenvalue weighted by Gasteiger charge is -2.26. The molecule has 1 saturated heterocycles. The van der Waals surface area contributed by atoms with Gasteiger partial charge in [0.1, 0.15) is 5.56 Å². The number of hydrogen-bond acceptors (Lipinski definition) is 5. The van der Waals surface area contributed by atoms with E-state index in [9.17, 15) is 14.4 Å². The summed E-state index contributed by atoms with van der Waals surface area (Å²) in [6.45, 7) is 4.45. The summed E-state index contributed by atoms with van der Waals surface area (Å²) in [5.74, 6) is -0.488. The van der Waals surface area contributed by atoms with E-state index in [1.165, 1.54) is 10.6 Å². The topological polar surface area (TPSA) is 92.7 Å². The number of carbonyl (C=O) groups is 2. The largest absolute Gasteiger partial charge is 0.379 e. The molecule has 8 nitrogen and oxygen atoms in total. The lowest BCUT2D eigenvalue weighted by atomic mass is 10.1. The van der Waals surface area contributed by atoms with Crippen molar-refractivity contribution < 1.29 is 14.3 Å². The number of benzene rings is 2. The van der Waals surface area contributed by atoms with Crippen molar-refractivity contribution in [2.75, 3.05) is 38.2 Å². The van der Waals surface area contributed by atoms with Crippen molar-refractivity contribution in [3.8, 4) is 0 Å². The van der Waals surface area contributed by atoms with E-state index in [0.29, 0.717) is 38.4 Å². The van der Waals surface area contributed by atoms with E-state index in [-0.39, 0.29) is 23.6 Å². The second-order valence-corrected chi connectivity index (χ2v) is 8.48. The minimum Gasteiger partial charge on any atom is -0.379 e. The highest BCUT2D eigenvalue weighted by Gasteiger charge is 2.14. The maximum Gasteiger partial charge on any atom is 0.263 e. The van der Waals surface area contributed by atoms with Crippen molar-refractivity contribution in [1.29, 1.82) is 0 Å². The molecule has 2 amide bonds. The van der Waals surface area contributed by atoms with Crippen molar-refractivity contribution in [2.24, 2.45) is 0 Å². The number of amides is 2. The quantitative estimate of drug-likeness (QED) is 0.497. The minimum atomic E-state index is -0.433. The fraction of sp³-hybridized carbons (Fsp3) is 0.296. The number of nitrogens with one attached hydrogen (secondary N) is 2.